The average molecular weight is 503 g/mol. The molecule has 0 fully saturated rings. The van der Waals surface area contributed by atoms with Crippen LogP contribution in [0.25, 0.3) is 10.9 Å². The fraction of sp³-hybridized carbons (Fsp3) is 0.115. The summed E-state index contributed by atoms with van der Waals surface area (Å²) in [5, 5.41) is 13.2. The number of amides is 3. The van der Waals surface area contributed by atoms with Crippen molar-refractivity contribution in [2.45, 2.75) is 27.7 Å². The minimum atomic E-state index is -0.973. The van der Waals surface area contributed by atoms with Crippen molar-refractivity contribution in [3.05, 3.63) is 84.6 Å². The molecule has 0 radical (unpaired) electrons. The van der Waals surface area contributed by atoms with Crippen LogP contribution in [0.4, 0.5) is 16.2 Å². The molecular formula is C26H22N4O3S2. The first-order valence-corrected chi connectivity index (χ1v) is 12.7. The Kier molecular flexibility index (Phi) is 6.63. The van der Waals surface area contributed by atoms with Gasteiger partial charge in [-0.15, -0.1) is 11.8 Å². The van der Waals surface area contributed by atoms with E-state index in [1.54, 1.807) is 22.1 Å². The zero-order valence-electron chi connectivity index (χ0n) is 18.8. The number of hydroxylamine groups is 1. The highest BCUT2D eigenvalue weighted by molar-refractivity contribution is 8.00. The Balaban J connectivity index is 1.42. The number of fused-ring (bicyclic) bond motifs is 3. The molecule has 1 aliphatic heterocycles. The number of pyridine rings is 1. The molecule has 1 aromatic heterocycles. The number of anilines is 2. The van der Waals surface area contributed by atoms with Gasteiger partial charge in [0.1, 0.15) is 6.04 Å². The van der Waals surface area contributed by atoms with Gasteiger partial charge in [-0.2, -0.15) is 0 Å². The lowest BCUT2D eigenvalue weighted by atomic mass is 10.2. The summed E-state index contributed by atoms with van der Waals surface area (Å²) in [7, 11) is 0. The van der Waals surface area contributed by atoms with Crippen LogP contribution < -0.4 is 15.7 Å². The van der Waals surface area contributed by atoms with Crippen molar-refractivity contribution >= 4 is 57.7 Å². The summed E-state index contributed by atoms with van der Waals surface area (Å²) in [4.78, 5) is 35.1. The summed E-state index contributed by atoms with van der Waals surface area (Å²) in [6.07, 6.45) is 0. The van der Waals surface area contributed by atoms with Gasteiger partial charge in [-0.3, -0.25) is 19.9 Å². The molecule has 1 aliphatic rings. The second kappa shape index (κ2) is 9.99. The summed E-state index contributed by atoms with van der Waals surface area (Å²) in [5.74, 6) is -0.467. The first kappa shape index (κ1) is 23.2. The molecule has 3 amide bonds. The first-order valence-electron chi connectivity index (χ1n) is 10.9. The van der Waals surface area contributed by atoms with Crippen molar-refractivity contribution in [3.8, 4) is 0 Å². The molecule has 0 saturated carbocycles. The largest absolute Gasteiger partial charge is 0.327 e. The van der Waals surface area contributed by atoms with Gasteiger partial charge >= 0.3 is 6.03 Å². The maximum Gasteiger partial charge on any atom is 0.327 e. The average Bonchev–Trinajstić information content (AvgIpc) is 2.88. The molecule has 7 nitrogen and oxygen atoms in total. The Hall–Kier alpha value is -3.53. The second-order valence-electron chi connectivity index (χ2n) is 7.94. The molecule has 3 N–H and O–H groups in total. The van der Waals surface area contributed by atoms with Gasteiger partial charge < -0.3 is 5.32 Å². The number of para-hydroxylation sites is 3. The fourth-order valence-electron chi connectivity index (χ4n) is 3.96. The van der Waals surface area contributed by atoms with Crippen LogP contribution in [0.15, 0.2) is 93.5 Å². The molecule has 4 aromatic rings. The monoisotopic (exact) mass is 502 g/mol. The molecular weight excluding hydrogens is 480 g/mol. The number of benzene rings is 3. The Morgan fingerprint density at radius 2 is 1.63 bits per heavy atom. The predicted octanol–water partition coefficient (Wildman–Crippen LogP) is 5.52. The quantitative estimate of drug-likeness (QED) is 0.189. The topological polar surface area (TPSA) is 94.6 Å². The van der Waals surface area contributed by atoms with Gasteiger partial charge in [0.05, 0.1) is 16.9 Å². The van der Waals surface area contributed by atoms with E-state index >= 15 is 0 Å². The molecule has 0 bridgehead atoms. The predicted molar refractivity (Wildman–Crippen MR) is 139 cm³/mol. The minimum Gasteiger partial charge on any atom is -0.325 e. The number of aryl methyl sites for hydroxylation is 1. The Labute approximate surface area is 210 Å². The summed E-state index contributed by atoms with van der Waals surface area (Å²) in [5.41, 5.74) is 4.89. The van der Waals surface area contributed by atoms with E-state index in [4.69, 9.17) is 0 Å². The molecule has 35 heavy (non-hydrogen) atoms. The van der Waals surface area contributed by atoms with E-state index in [2.05, 4.69) is 10.3 Å². The van der Waals surface area contributed by atoms with Crippen molar-refractivity contribution in [3.63, 3.8) is 0 Å². The Bertz CT molecular complexity index is 1380. The Morgan fingerprint density at radius 3 is 2.31 bits per heavy atom. The van der Waals surface area contributed by atoms with Crippen LogP contribution in [0.5, 0.6) is 0 Å². The maximum absolute atomic E-state index is 13.6. The van der Waals surface area contributed by atoms with E-state index in [0.29, 0.717) is 0 Å². The van der Waals surface area contributed by atoms with Crippen LogP contribution in [0, 0.1) is 6.92 Å². The molecule has 1 unspecified atom stereocenters. The van der Waals surface area contributed by atoms with Crippen molar-refractivity contribution in [2.24, 2.45) is 0 Å². The van der Waals surface area contributed by atoms with E-state index in [1.165, 1.54) is 11.8 Å². The van der Waals surface area contributed by atoms with Gasteiger partial charge in [0.25, 0.3) is 5.91 Å². The lowest BCUT2D eigenvalue weighted by Gasteiger charge is -2.32. The van der Waals surface area contributed by atoms with E-state index in [1.807, 2.05) is 85.8 Å². The maximum atomic E-state index is 13.6. The third-order valence-electron chi connectivity index (χ3n) is 5.57. The first-order chi connectivity index (χ1) is 17.0. The molecule has 0 aliphatic carbocycles. The lowest BCUT2D eigenvalue weighted by Crippen LogP contribution is -2.51. The molecule has 3 aromatic carbocycles. The number of hydrogen-bond acceptors (Lipinski definition) is 6. The van der Waals surface area contributed by atoms with Crippen LogP contribution in [0.2, 0.25) is 0 Å². The minimum absolute atomic E-state index is 0.220. The number of carbonyl (C=O) groups excluding carboxylic acids is 2. The van der Waals surface area contributed by atoms with Crippen LogP contribution in [0.3, 0.4) is 0 Å². The summed E-state index contributed by atoms with van der Waals surface area (Å²) >= 11 is 3.02. The van der Waals surface area contributed by atoms with Gasteiger partial charge in [0.15, 0.2) is 0 Å². The number of aromatic nitrogens is 1. The molecule has 0 spiro atoms. The van der Waals surface area contributed by atoms with Gasteiger partial charge in [-0.1, -0.05) is 54.2 Å². The highest BCUT2D eigenvalue weighted by Crippen LogP contribution is 2.47. The summed E-state index contributed by atoms with van der Waals surface area (Å²) < 4.78 is 0. The third kappa shape index (κ3) is 4.70. The zero-order valence-corrected chi connectivity index (χ0v) is 20.4. The highest BCUT2D eigenvalue weighted by Gasteiger charge is 2.31. The lowest BCUT2D eigenvalue weighted by molar-refractivity contribution is -0.130. The molecule has 176 valence electrons. The summed E-state index contributed by atoms with van der Waals surface area (Å²) in [6, 6.07) is 23.6. The van der Waals surface area contributed by atoms with E-state index < -0.39 is 18.0 Å². The van der Waals surface area contributed by atoms with Gasteiger partial charge in [0.2, 0.25) is 0 Å². The molecule has 5 rings (SSSR count). The molecule has 2 heterocycles. The number of hydrogen-bond donors (Lipinski definition) is 3. The number of urea groups is 1. The molecule has 0 saturated heterocycles. The fourth-order valence-corrected chi connectivity index (χ4v) is 6.18. The van der Waals surface area contributed by atoms with Crippen LogP contribution >= 0.6 is 23.5 Å². The number of carbonyl (C=O) groups is 2. The number of thioether (sulfide) groups is 1. The SMILES string of the molecule is Cc1cc(SCC(NC(=O)N2c3ccccc3Sc3ccccc32)C(=O)NO)c2ccccc2n1. The zero-order chi connectivity index (χ0) is 24.4. The standard InChI is InChI=1S/C26H22N4O3S2/c1-16-14-24(17-8-2-3-9-18(17)27-16)34-15-19(25(31)29-33)28-26(32)30-20-10-4-6-12-22(20)35-23-13-7-5-11-21(23)30/h2-14,19,33H,15H2,1H3,(H,28,32)(H,29,31). The van der Waals surface area contributed by atoms with E-state index in [0.717, 1.165) is 42.7 Å². The Morgan fingerprint density at radius 1 is 1.00 bits per heavy atom. The third-order valence-corrected chi connectivity index (χ3v) is 7.85. The van der Waals surface area contributed by atoms with Crippen molar-refractivity contribution in [1.82, 2.24) is 15.8 Å². The van der Waals surface area contributed by atoms with Crippen LogP contribution in [-0.4, -0.2) is 33.9 Å². The van der Waals surface area contributed by atoms with Gasteiger partial charge in [-0.25, -0.2) is 10.3 Å². The second-order valence-corrected chi connectivity index (χ2v) is 10.1. The number of nitrogens with zero attached hydrogens (tertiary/aromatic N) is 2. The number of rotatable bonds is 5. The van der Waals surface area contributed by atoms with Crippen LogP contribution in [-0.2, 0) is 4.79 Å². The highest BCUT2D eigenvalue weighted by atomic mass is 32.2. The van der Waals surface area contributed by atoms with E-state index in [-0.39, 0.29) is 5.75 Å². The van der Waals surface area contributed by atoms with Crippen molar-refractivity contribution in [2.75, 3.05) is 10.7 Å². The smallest absolute Gasteiger partial charge is 0.325 e. The van der Waals surface area contributed by atoms with E-state index in [9.17, 15) is 14.8 Å². The van der Waals surface area contributed by atoms with Crippen LogP contribution in [0.1, 0.15) is 5.69 Å². The van der Waals surface area contributed by atoms with Crippen molar-refractivity contribution < 1.29 is 14.8 Å². The van der Waals surface area contributed by atoms with Gasteiger partial charge in [-0.05, 0) is 43.3 Å². The molecule has 1 atom stereocenters. The normalized spacial score (nSPS) is 13.0. The number of nitrogens with one attached hydrogen (secondary N) is 2. The molecule has 9 heteroatoms. The van der Waals surface area contributed by atoms with Gasteiger partial charge in [0, 0.05) is 31.5 Å². The summed E-state index contributed by atoms with van der Waals surface area (Å²) in [6.45, 7) is 1.92. The van der Waals surface area contributed by atoms with Crippen molar-refractivity contribution in [1.29, 1.82) is 0 Å².